The summed E-state index contributed by atoms with van der Waals surface area (Å²) in [7, 11) is 0. The fourth-order valence-electron chi connectivity index (χ4n) is 2.26. The number of hydrogen-bond donors (Lipinski definition) is 2. The van der Waals surface area contributed by atoms with Crippen LogP contribution in [0.25, 0.3) is 22.1 Å². The first-order valence-corrected chi connectivity index (χ1v) is 7.69. The maximum Gasteiger partial charge on any atom is 0.347 e. The summed E-state index contributed by atoms with van der Waals surface area (Å²) in [5.41, 5.74) is 2.78. The van der Waals surface area contributed by atoms with Crippen LogP contribution in [0, 0.1) is 0 Å². The van der Waals surface area contributed by atoms with Crippen molar-refractivity contribution in [2.45, 2.75) is 10.8 Å². The number of para-hydroxylation sites is 1. The smallest absolute Gasteiger partial charge is 0.341 e. The number of pyridine rings is 1. The van der Waals surface area contributed by atoms with E-state index in [0.717, 1.165) is 22.1 Å². The van der Waals surface area contributed by atoms with Gasteiger partial charge in [-0.15, -0.1) is 0 Å². The Bertz CT molecular complexity index is 1020. The van der Waals surface area contributed by atoms with Gasteiger partial charge in [0.15, 0.2) is 5.65 Å². The highest BCUT2D eigenvalue weighted by atomic mass is 32.2. The van der Waals surface area contributed by atoms with Crippen molar-refractivity contribution in [3.63, 3.8) is 0 Å². The van der Waals surface area contributed by atoms with Crippen LogP contribution in [0.5, 0.6) is 0 Å². The Hall–Kier alpha value is -2.67. The first kappa shape index (κ1) is 13.0. The van der Waals surface area contributed by atoms with Crippen LogP contribution in [0.15, 0.2) is 52.5 Å². The van der Waals surface area contributed by atoms with E-state index in [-0.39, 0.29) is 0 Å². The summed E-state index contributed by atoms with van der Waals surface area (Å²) < 4.78 is 0. The second kappa shape index (κ2) is 5.27. The SMILES string of the molecule is O=c1nc(SCc2ccc3ccccc3n2)c2[nH]cnc2[nH]1. The van der Waals surface area contributed by atoms with Crippen LogP contribution in [0.4, 0.5) is 0 Å². The second-order valence-electron chi connectivity index (χ2n) is 4.76. The number of benzene rings is 1. The van der Waals surface area contributed by atoms with E-state index in [4.69, 9.17) is 0 Å². The van der Waals surface area contributed by atoms with Gasteiger partial charge in [-0.25, -0.2) is 9.78 Å². The van der Waals surface area contributed by atoms with Crippen molar-refractivity contribution in [1.29, 1.82) is 0 Å². The Labute approximate surface area is 129 Å². The van der Waals surface area contributed by atoms with Gasteiger partial charge in [-0.2, -0.15) is 4.98 Å². The first-order valence-electron chi connectivity index (χ1n) is 6.70. The molecule has 3 aromatic heterocycles. The van der Waals surface area contributed by atoms with Crippen LogP contribution in [0.1, 0.15) is 5.69 Å². The summed E-state index contributed by atoms with van der Waals surface area (Å²) in [5.74, 6) is 0.634. The normalized spacial score (nSPS) is 11.3. The van der Waals surface area contributed by atoms with E-state index < -0.39 is 5.69 Å². The number of aromatic amines is 2. The maximum atomic E-state index is 11.5. The molecule has 22 heavy (non-hydrogen) atoms. The third-order valence-corrected chi connectivity index (χ3v) is 4.30. The van der Waals surface area contributed by atoms with Crippen LogP contribution in [-0.4, -0.2) is 24.9 Å². The largest absolute Gasteiger partial charge is 0.347 e. The molecule has 6 nitrogen and oxygen atoms in total. The highest BCUT2D eigenvalue weighted by Gasteiger charge is 2.09. The summed E-state index contributed by atoms with van der Waals surface area (Å²) in [4.78, 5) is 29.8. The lowest BCUT2D eigenvalue weighted by molar-refractivity contribution is 1.01. The fraction of sp³-hybridized carbons (Fsp3) is 0.0667. The van der Waals surface area contributed by atoms with Crippen molar-refractivity contribution in [1.82, 2.24) is 24.9 Å². The van der Waals surface area contributed by atoms with Gasteiger partial charge in [-0.05, 0) is 12.1 Å². The van der Waals surface area contributed by atoms with E-state index in [1.807, 2.05) is 30.3 Å². The molecule has 0 aliphatic rings. The number of aromatic nitrogens is 5. The minimum Gasteiger partial charge on any atom is -0.341 e. The Kier molecular flexibility index (Phi) is 3.12. The van der Waals surface area contributed by atoms with Crippen molar-refractivity contribution in [3.8, 4) is 0 Å². The van der Waals surface area contributed by atoms with E-state index in [1.54, 1.807) is 6.33 Å². The van der Waals surface area contributed by atoms with E-state index >= 15 is 0 Å². The molecular formula is C15H11N5OS. The van der Waals surface area contributed by atoms with Gasteiger partial charge in [0.1, 0.15) is 10.5 Å². The molecule has 3 heterocycles. The molecule has 2 N–H and O–H groups in total. The van der Waals surface area contributed by atoms with Gasteiger partial charge >= 0.3 is 5.69 Å². The zero-order chi connectivity index (χ0) is 14.9. The summed E-state index contributed by atoms with van der Waals surface area (Å²) in [5, 5.41) is 1.74. The number of H-pyrrole nitrogens is 2. The Morgan fingerprint density at radius 1 is 1.09 bits per heavy atom. The number of imidazole rings is 1. The number of thioether (sulfide) groups is 1. The minimum atomic E-state index is -0.395. The monoisotopic (exact) mass is 309 g/mol. The predicted molar refractivity (Wildman–Crippen MR) is 85.8 cm³/mol. The standard InChI is InChI=1S/C15H11N5OS/c21-15-19-13-12(16-8-17-13)14(20-15)22-7-10-6-5-9-3-1-2-4-11(9)18-10/h1-6,8H,7H2,(H2,16,17,19,20,21). The Balaban J connectivity index is 1.65. The molecule has 0 radical (unpaired) electrons. The zero-order valence-electron chi connectivity index (χ0n) is 11.4. The molecule has 0 unspecified atom stereocenters. The van der Waals surface area contributed by atoms with Gasteiger partial charge < -0.3 is 4.98 Å². The van der Waals surface area contributed by atoms with Crippen LogP contribution in [0.2, 0.25) is 0 Å². The van der Waals surface area contributed by atoms with Gasteiger partial charge in [-0.3, -0.25) is 9.97 Å². The van der Waals surface area contributed by atoms with Crippen LogP contribution >= 0.6 is 11.8 Å². The summed E-state index contributed by atoms with van der Waals surface area (Å²) in [6.45, 7) is 0. The summed E-state index contributed by atoms with van der Waals surface area (Å²) >= 11 is 1.47. The predicted octanol–water partition coefficient (Wildman–Crippen LogP) is 2.49. The molecule has 0 bridgehead atoms. The minimum absolute atomic E-state index is 0.395. The molecule has 4 aromatic rings. The molecule has 0 saturated carbocycles. The number of nitrogens with zero attached hydrogens (tertiary/aromatic N) is 3. The lowest BCUT2D eigenvalue weighted by Gasteiger charge is -2.03. The second-order valence-corrected chi connectivity index (χ2v) is 5.72. The van der Waals surface area contributed by atoms with Crippen LogP contribution < -0.4 is 5.69 Å². The van der Waals surface area contributed by atoms with Crippen LogP contribution in [-0.2, 0) is 5.75 Å². The first-order chi connectivity index (χ1) is 10.8. The van der Waals surface area contributed by atoms with Crippen molar-refractivity contribution in [2.75, 3.05) is 0 Å². The molecular weight excluding hydrogens is 298 g/mol. The van der Waals surface area contributed by atoms with E-state index in [1.165, 1.54) is 11.8 Å². The zero-order valence-corrected chi connectivity index (χ0v) is 12.2. The quantitative estimate of drug-likeness (QED) is 0.448. The number of hydrogen-bond acceptors (Lipinski definition) is 5. The fourth-order valence-corrected chi connectivity index (χ4v) is 3.16. The van der Waals surface area contributed by atoms with Gasteiger partial charge in [-0.1, -0.05) is 36.0 Å². The summed E-state index contributed by atoms with van der Waals surface area (Å²) in [6.07, 6.45) is 1.54. The van der Waals surface area contributed by atoms with Crippen LogP contribution in [0.3, 0.4) is 0 Å². The van der Waals surface area contributed by atoms with Gasteiger partial charge in [0.2, 0.25) is 0 Å². The van der Waals surface area contributed by atoms with E-state index in [0.29, 0.717) is 16.4 Å². The topological polar surface area (TPSA) is 87.3 Å². The number of rotatable bonds is 3. The Morgan fingerprint density at radius 3 is 2.95 bits per heavy atom. The Morgan fingerprint density at radius 2 is 2.00 bits per heavy atom. The highest BCUT2D eigenvalue weighted by molar-refractivity contribution is 7.98. The molecule has 0 atom stereocenters. The lowest BCUT2D eigenvalue weighted by Crippen LogP contribution is -2.11. The average Bonchev–Trinajstić information content (AvgIpc) is 3.00. The lowest BCUT2D eigenvalue weighted by atomic mass is 10.2. The van der Waals surface area contributed by atoms with Crippen molar-refractivity contribution in [3.05, 3.63) is 58.9 Å². The number of fused-ring (bicyclic) bond motifs is 2. The molecule has 1 aromatic carbocycles. The average molecular weight is 309 g/mol. The molecule has 0 aliphatic heterocycles. The summed E-state index contributed by atoms with van der Waals surface area (Å²) in [6, 6.07) is 12.0. The molecule has 4 rings (SSSR count). The molecule has 0 fully saturated rings. The van der Waals surface area contributed by atoms with Crippen molar-refractivity contribution in [2.24, 2.45) is 0 Å². The van der Waals surface area contributed by atoms with Gasteiger partial charge in [0, 0.05) is 11.1 Å². The highest BCUT2D eigenvalue weighted by Crippen LogP contribution is 2.24. The maximum absolute atomic E-state index is 11.5. The van der Waals surface area contributed by atoms with E-state index in [9.17, 15) is 4.79 Å². The van der Waals surface area contributed by atoms with Crippen molar-refractivity contribution >= 4 is 33.8 Å². The molecule has 0 saturated heterocycles. The molecule has 7 heteroatoms. The molecule has 0 amide bonds. The number of nitrogens with one attached hydrogen (secondary N) is 2. The van der Waals surface area contributed by atoms with E-state index in [2.05, 4.69) is 31.0 Å². The molecule has 108 valence electrons. The third-order valence-electron chi connectivity index (χ3n) is 3.29. The third kappa shape index (κ3) is 2.35. The molecule has 0 spiro atoms. The molecule has 0 aliphatic carbocycles. The van der Waals surface area contributed by atoms with Gasteiger partial charge in [0.05, 0.1) is 17.5 Å². The van der Waals surface area contributed by atoms with Gasteiger partial charge in [0.25, 0.3) is 0 Å². The van der Waals surface area contributed by atoms with Crippen molar-refractivity contribution < 1.29 is 0 Å².